The van der Waals surface area contributed by atoms with Crippen molar-refractivity contribution in [2.24, 2.45) is 0 Å². The summed E-state index contributed by atoms with van der Waals surface area (Å²) < 4.78 is 9.72. The van der Waals surface area contributed by atoms with Crippen molar-refractivity contribution >= 4 is 27.6 Å². The number of aryl methyl sites for hydroxylation is 1. The van der Waals surface area contributed by atoms with Crippen LogP contribution in [0.15, 0.2) is 6.20 Å². The van der Waals surface area contributed by atoms with E-state index in [2.05, 4.69) is 9.36 Å². The fraction of sp³-hybridized carbons (Fsp3) is 0.417. The number of ether oxygens (including phenoxy) is 1. The third-order valence-electron chi connectivity index (χ3n) is 2.59. The van der Waals surface area contributed by atoms with Gasteiger partial charge in [-0.05, 0) is 24.9 Å². The van der Waals surface area contributed by atoms with E-state index in [-0.39, 0.29) is 11.4 Å². The number of carbonyl (C=O) groups is 1. The highest BCUT2D eigenvalue weighted by Gasteiger charge is 2.19. The van der Waals surface area contributed by atoms with Gasteiger partial charge in [-0.15, -0.1) is 0 Å². The first-order valence-corrected chi connectivity index (χ1v) is 6.53. The molecule has 0 saturated heterocycles. The molecule has 5 nitrogen and oxygen atoms in total. The number of pyridine rings is 1. The van der Waals surface area contributed by atoms with Crippen molar-refractivity contribution in [2.45, 2.75) is 26.7 Å². The third kappa shape index (κ3) is 2.28. The molecule has 18 heavy (non-hydrogen) atoms. The van der Waals surface area contributed by atoms with Gasteiger partial charge in [-0.2, -0.15) is 4.37 Å². The van der Waals surface area contributed by atoms with Gasteiger partial charge in [-0.3, -0.25) is 0 Å². The van der Waals surface area contributed by atoms with Gasteiger partial charge < -0.3 is 9.84 Å². The number of hydrogen-bond acceptors (Lipinski definition) is 6. The zero-order valence-electron chi connectivity index (χ0n) is 10.3. The second-order valence-corrected chi connectivity index (χ2v) is 4.73. The maximum Gasteiger partial charge on any atom is 0.360 e. The van der Waals surface area contributed by atoms with E-state index in [0.717, 1.165) is 35.5 Å². The highest BCUT2D eigenvalue weighted by atomic mass is 32.1. The number of carbonyl (C=O) groups excluding carboxylic acids is 1. The molecule has 96 valence electrons. The number of hydrogen-bond donors (Lipinski definition) is 1. The number of nitrogens with zero attached hydrogens (tertiary/aromatic N) is 2. The lowest BCUT2D eigenvalue weighted by molar-refractivity contribution is 0.0489. The van der Waals surface area contributed by atoms with Gasteiger partial charge in [0.05, 0.1) is 12.3 Å². The number of esters is 1. The Balaban J connectivity index is 2.28. The second kappa shape index (κ2) is 5.30. The van der Waals surface area contributed by atoms with E-state index in [1.54, 1.807) is 6.20 Å². The lowest BCUT2D eigenvalue weighted by atomic mass is 10.2. The summed E-state index contributed by atoms with van der Waals surface area (Å²) in [6.45, 7) is 4.19. The fourth-order valence-corrected chi connectivity index (χ4v) is 2.33. The largest absolute Gasteiger partial charge is 0.504 e. The Hall–Kier alpha value is -1.69. The molecular weight excluding hydrogens is 252 g/mol. The van der Waals surface area contributed by atoms with E-state index in [1.807, 2.05) is 13.8 Å². The maximum absolute atomic E-state index is 11.7. The zero-order chi connectivity index (χ0) is 13.1. The topological polar surface area (TPSA) is 72.3 Å². The molecule has 0 unspecified atom stereocenters. The summed E-state index contributed by atoms with van der Waals surface area (Å²) in [5.74, 6) is -0.728. The molecule has 0 aromatic carbocycles. The van der Waals surface area contributed by atoms with Gasteiger partial charge in [0.1, 0.15) is 4.70 Å². The second-order valence-electron chi connectivity index (χ2n) is 3.96. The van der Waals surface area contributed by atoms with Gasteiger partial charge in [0, 0.05) is 11.6 Å². The van der Waals surface area contributed by atoms with Crippen molar-refractivity contribution in [3.05, 3.63) is 17.6 Å². The number of aromatic nitrogens is 2. The molecule has 1 N–H and O–H groups in total. The van der Waals surface area contributed by atoms with Crippen LogP contribution >= 0.6 is 11.5 Å². The van der Waals surface area contributed by atoms with E-state index < -0.39 is 5.97 Å². The summed E-state index contributed by atoms with van der Waals surface area (Å²) in [5.41, 5.74) is 0.756. The van der Waals surface area contributed by atoms with Crippen LogP contribution in [-0.4, -0.2) is 27.0 Å². The van der Waals surface area contributed by atoms with Crippen molar-refractivity contribution in [3.63, 3.8) is 0 Å². The average Bonchev–Trinajstić information content (AvgIpc) is 2.73. The maximum atomic E-state index is 11.7. The average molecular weight is 266 g/mol. The van der Waals surface area contributed by atoms with E-state index in [0.29, 0.717) is 11.3 Å². The molecule has 6 heteroatoms. The zero-order valence-corrected chi connectivity index (χ0v) is 11.1. The predicted octanol–water partition coefficient (Wildman–Crippen LogP) is 2.66. The quantitative estimate of drug-likeness (QED) is 0.680. The Kier molecular flexibility index (Phi) is 3.76. The number of unbranched alkanes of at least 4 members (excludes halogenated alkanes) is 1. The Labute approximate surface area is 109 Å². The number of aromatic hydroxyl groups is 1. The molecule has 2 heterocycles. The minimum Gasteiger partial charge on any atom is -0.504 e. The monoisotopic (exact) mass is 266 g/mol. The van der Waals surface area contributed by atoms with Crippen LogP contribution in [0.25, 0.3) is 10.1 Å². The van der Waals surface area contributed by atoms with Gasteiger partial charge in [-0.1, -0.05) is 13.3 Å². The van der Waals surface area contributed by atoms with Crippen LogP contribution in [0.1, 0.15) is 35.9 Å². The summed E-state index contributed by atoms with van der Waals surface area (Å²) >= 11 is 1.15. The first-order valence-electron chi connectivity index (χ1n) is 5.76. The SMILES string of the molecule is CCCCOC(=O)c1ncc2c(C)nsc2c1O. The van der Waals surface area contributed by atoms with Gasteiger partial charge in [0.2, 0.25) is 0 Å². The van der Waals surface area contributed by atoms with Crippen LogP contribution in [0.4, 0.5) is 0 Å². The molecule has 0 fully saturated rings. The first kappa shape index (κ1) is 12.8. The van der Waals surface area contributed by atoms with Crippen LogP contribution in [0.2, 0.25) is 0 Å². The lowest BCUT2D eigenvalue weighted by Gasteiger charge is -2.05. The molecular formula is C12H14N2O3S. The Morgan fingerprint density at radius 3 is 3.06 bits per heavy atom. The predicted molar refractivity (Wildman–Crippen MR) is 69.0 cm³/mol. The standard InChI is InChI=1S/C12H14N2O3S/c1-3-4-5-17-12(16)9-10(15)11-8(6-13-9)7(2)14-18-11/h6,15H,3-5H2,1-2H3. The molecule has 0 saturated carbocycles. The molecule has 0 atom stereocenters. The minimum atomic E-state index is -0.589. The summed E-state index contributed by atoms with van der Waals surface area (Å²) in [6.07, 6.45) is 3.29. The molecule has 0 amide bonds. The van der Waals surface area contributed by atoms with Crippen LogP contribution < -0.4 is 0 Å². The first-order chi connectivity index (χ1) is 8.65. The van der Waals surface area contributed by atoms with E-state index in [1.165, 1.54) is 0 Å². The minimum absolute atomic E-state index is 0.0396. The smallest absolute Gasteiger partial charge is 0.360 e. The van der Waals surface area contributed by atoms with E-state index in [9.17, 15) is 9.90 Å². The highest BCUT2D eigenvalue weighted by molar-refractivity contribution is 7.13. The summed E-state index contributed by atoms with van der Waals surface area (Å²) in [6, 6.07) is 0. The lowest BCUT2D eigenvalue weighted by Crippen LogP contribution is -2.08. The van der Waals surface area contributed by atoms with E-state index in [4.69, 9.17) is 4.74 Å². The summed E-state index contributed by atoms with van der Waals surface area (Å²) in [7, 11) is 0. The molecule has 2 aromatic heterocycles. The number of rotatable bonds is 4. The molecule has 0 aliphatic carbocycles. The van der Waals surface area contributed by atoms with E-state index >= 15 is 0 Å². The fourth-order valence-electron chi connectivity index (χ4n) is 1.52. The molecule has 2 aromatic rings. The van der Waals surface area contributed by atoms with Gasteiger partial charge in [-0.25, -0.2) is 9.78 Å². The van der Waals surface area contributed by atoms with Crippen molar-refractivity contribution in [1.82, 2.24) is 9.36 Å². The molecule has 0 aliphatic heterocycles. The normalized spacial score (nSPS) is 10.8. The van der Waals surface area contributed by atoms with Crippen LogP contribution in [-0.2, 0) is 4.74 Å². The Morgan fingerprint density at radius 1 is 1.56 bits per heavy atom. The van der Waals surface area contributed by atoms with Crippen LogP contribution in [0, 0.1) is 6.92 Å². The highest BCUT2D eigenvalue weighted by Crippen LogP contribution is 2.32. The number of fused-ring (bicyclic) bond motifs is 1. The van der Waals surface area contributed by atoms with Crippen molar-refractivity contribution in [2.75, 3.05) is 6.61 Å². The van der Waals surface area contributed by atoms with Gasteiger partial charge >= 0.3 is 5.97 Å². The van der Waals surface area contributed by atoms with Crippen LogP contribution in [0.3, 0.4) is 0 Å². The van der Waals surface area contributed by atoms with Gasteiger partial charge in [0.15, 0.2) is 11.4 Å². The molecule has 0 spiro atoms. The van der Waals surface area contributed by atoms with Crippen molar-refractivity contribution < 1.29 is 14.6 Å². The summed E-state index contributed by atoms with van der Waals surface area (Å²) in [5, 5.41) is 10.8. The van der Waals surface area contributed by atoms with Crippen molar-refractivity contribution in [3.8, 4) is 5.75 Å². The molecule has 0 aliphatic rings. The molecule has 0 bridgehead atoms. The molecule has 2 rings (SSSR count). The third-order valence-corrected chi connectivity index (χ3v) is 3.56. The van der Waals surface area contributed by atoms with Crippen molar-refractivity contribution in [1.29, 1.82) is 0 Å². The Bertz CT molecular complexity index is 580. The van der Waals surface area contributed by atoms with Gasteiger partial charge in [0.25, 0.3) is 0 Å². The van der Waals surface area contributed by atoms with Crippen LogP contribution in [0.5, 0.6) is 5.75 Å². The molecule has 0 radical (unpaired) electrons. The summed E-state index contributed by atoms with van der Waals surface area (Å²) in [4.78, 5) is 15.7. The Morgan fingerprint density at radius 2 is 2.33 bits per heavy atom.